The van der Waals surface area contributed by atoms with Crippen LogP contribution in [0.15, 0.2) is 34.1 Å². The van der Waals surface area contributed by atoms with Crippen molar-refractivity contribution < 1.29 is 0 Å². The van der Waals surface area contributed by atoms with Gasteiger partial charge in [-0.15, -0.1) is 24.0 Å². The highest BCUT2D eigenvalue weighted by Crippen LogP contribution is 2.09. The van der Waals surface area contributed by atoms with E-state index in [-0.39, 0.29) is 29.7 Å². The molecule has 1 aliphatic rings. The number of nitrogens with two attached hydrogens (primary N) is 1. The molecule has 0 atom stereocenters. The van der Waals surface area contributed by atoms with Gasteiger partial charge < -0.3 is 15.6 Å². The van der Waals surface area contributed by atoms with Crippen LogP contribution in [0.25, 0.3) is 11.0 Å². The number of benzene rings is 1. The van der Waals surface area contributed by atoms with E-state index in [0.29, 0.717) is 19.0 Å². The number of thioether (sulfide) groups is 1. The Morgan fingerprint density at radius 3 is 2.82 bits per heavy atom. The van der Waals surface area contributed by atoms with Crippen LogP contribution in [0, 0.1) is 0 Å². The summed E-state index contributed by atoms with van der Waals surface area (Å²) >= 11 is 1.94. The van der Waals surface area contributed by atoms with Gasteiger partial charge in [-0.05, 0) is 12.1 Å². The average molecular weight is 433 g/mol. The molecule has 0 radical (unpaired) electrons. The van der Waals surface area contributed by atoms with Gasteiger partial charge in [0.1, 0.15) is 0 Å². The van der Waals surface area contributed by atoms with Crippen molar-refractivity contribution in [2.45, 2.75) is 6.54 Å². The van der Waals surface area contributed by atoms with Gasteiger partial charge in [0, 0.05) is 31.1 Å². The van der Waals surface area contributed by atoms with Gasteiger partial charge in [-0.3, -0.25) is 9.56 Å². The number of H-pyrrole nitrogens is 1. The summed E-state index contributed by atoms with van der Waals surface area (Å²) in [5.41, 5.74) is 7.67. The first-order chi connectivity index (χ1) is 10.3. The fraction of sp³-hybridized carbons (Fsp3) is 0.429. The van der Waals surface area contributed by atoms with Crippen molar-refractivity contribution in [3.8, 4) is 0 Å². The summed E-state index contributed by atoms with van der Waals surface area (Å²) in [6.45, 7) is 2.95. The molecule has 0 bridgehead atoms. The van der Waals surface area contributed by atoms with Crippen molar-refractivity contribution in [3.05, 3.63) is 34.7 Å². The predicted octanol–water partition coefficient (Wildman–Crippen LogP) is 1.31. The minimum atomic E-state index is -0.0978. The van der Waals surface area contributed by atoms with E-state index in [4.69, 9.17) is 5.73 Å². The third-order valence-corrected chi connectivity index (χ3v) is 4.56. The van der Waals surface area contributed by atoms with Crippen LogP contribution in [0.1, 0.15) is 0 Å². The van der Waals surface area contributed by atoms with Crippen LogP contribution in [0.2, 0.25) is 0 Å². The lowest BCUT2D eigenvalue weighted by molar-refractivity contribution is 0.455. The fourth-order valence-electron chi connectivity index (χ4n) is 2.49. The van der Waals surface area contributed by atoms with Crippen molar-refractivity contribution in [2.24, 2.45) is 10.7 Å². The molecular formula is C14H20IN5OS. The number of rotatable bonds is 3. The number of nitrogens with one attached hydrogen (secondary N) is 1. The van der Waals surface area contributed by atoms with E-state index in [1.807, 2.05) is 36.0 Å². The molecule has 2 aromatic rings. The molecule has 0 aliphatic carbocycles. The van der Waals surface area contributed by atoms with Gasteiger partial charge in [0.25, 0.3) is 0 Å². The van der Waals surface area contributed by atoms with E-state index < -0.39 is 0 Å². The van der Waals surface area contributed by atoms with Crippen LogP contribution in [-0.4, -0.2) is 51.6 Å². The Morgan fingerprint density at radius 1 is 1.32 bits per heavy atom. The molecule has 120 valence electrons. The number of hydrogen-bond donors (Lipinski definition) is 2. The topological polar surface area (TPSA) is 79.4 Å². The lowest BCUT2D eigenvalue weighted by Crippen LogP contribution is -2.42. The van der Waals surface area contributed by atoms with Crippen LogP contribution in [0.3, 0.4) is 0 Å². The van der Waals surface area contributed by atoms with E-state index in [1.54, 1.807) is 4.57 Å². The SMILES string of the molecule is I.NC(=NCCn1c(=O)[nH]c2ccccc21)N1CCSCC1. The third kappa shape index (κ3) is 3.78. The predicted molar refractivity (Wildman–Crippen MR) is 103 cm³/mol. The van der Waals surface area contributed by atoms with Gasteiger partial charge in [-0.25, -0.2) is 4.79 Å². The number of nitrogens with zero attached hydrogens (tertiary/aromatic N) is 3. The zero-order valence-electron chi connectivity index (χ0n) is 12.2. The molecule has 3 rings (SSSR count). The third-order valence-electron chi connectivity index (χ3n) is 3.61. The fourth-order valence-corrected chi connectivity index (χ4v) is 3.39. The van der Waals surface area contributed by atoms with Crippen molar-refractivity contribution in [3.63, 3.8) is 0 Å². The van der Waals surface area contributed by atoms with Gasteiger partial charge in [0.05, 0.1) is 17.6 Å². The summed E-state index contributed by atoms with van der Waals surface area (Å²) in [5, 5.41) is 0. The first kappa shape index (κ1) is 17.2. The molecule has 8 heteroatoms. The number of imidazole rings is 1. The van der Waals surface area contributed by atoms with E-state index in [0.717, 1.165) is 35.6 Å². The normalized spacial score (nSPS) is 15.8. The first-order valence-electron chi connectivity index (χ1n) is 7.06. The molecule has 22 heavy (non-hydrogen) atoms. The Labute approximate surface area is 150 Å². The molecule has 6 nitrogen and oxygen atoms in total. The Bertz CT molecular complexity index is 705. The summed E-state index contributed by atoms with van der Waals surface area (Å²) in [4.78, 5) is 21.3. The van der Waals surface area contributed by atoms with Crippen molar-refractivity contribution >= 4 is 52.7 Å². The van der Waals surface area contributed by atoms with Gasteiger partial charge in [0.15, 0.2) is 5.96 Å². The average Bonchev–Trinajstić information content (AvgIpc) is 2.84. The molecule has 1 aliphatic heterocycles. The highest BCUT2D eigenvalue weighted by molar-refractivity contribution is 14.0. The molecule has 1 aromatic carbocycles. The molecule has 2 heterocycles. The van der Waals surface area contributed by atoms with Gasteiger partial charge in [-0.1, -0.05) is 12.1 Å². The molecule has 0 amide bonds. The molecule has 1 fully saturated rings. The summed E-state index contributed by atoms with van der Waals surface area (Å²) in [7, 11) is 0. The highest BCUT2D eigenvalue weighted by Gasteiger charge is 2.12. The van der Waals surface area contributed by atoms with E-state index in [9.17, 15) is 4.79 Å². The van der Waals surface area contributed by atoms with E-state index in [2.05, 4.69) is 14.9 Å². The number of hydrogen-bond acceptors (Lipinski definition) is 3. The Hall–Kier alpha value is -1.16. The monoisotopic (exact) mass is 433 g/mol. The Kier molecular flexibility index (Phi) is 6.18. The minimum absolute atomic E-state index is 0. The van der Waals surface area contributed by atoms with Crippen LogP contribution >= 0.6 is 35.7 Å². The van der Waals surface area contributed by atoms with Gasteiger partial charge >= 0.3 is 5.69 Å². The smallest absolute Gasteiger partial charge is 0.326 e. The Morgan fingerprint density at radius 2 is 2.05 bits per heavy atom. The molecule has 0 saturated carbocycles. The number of fused-ring (bicyclic) bond motifs is 1. The van der Waals surface area contributed by atoms with Crippen molar-refractivity contribution in [1.29, 1.82) is 0 Å². The number of aliphatic imine (C=N–C) groups is 1. The summed E-state index contributed by atoms with van der Waals surface area (Å²) in [5.74, 6) is 2.78. The molecule has 0 spiro atoms. The maximum absolute atomic E-state index is 11.9. The maximum atomic E-state index is 11.9. The second-order valence-corrected chi connectivity index (χ2v) is 6.16. The number of aromatic amines is 1. The molecular weight excluding hydrogens is 413 g/mol. The van der Waals surface area contributed by atoms with Crippen LogP contribution in [-0.2, 0) is 6.54 Å². The largest absolute Gasteiger partial charge is 0.370 e. The quantitative estimate of drug-likeness (QED) is 0.435. The summed E-state index contributed by atoms with van der Waals surface area (Å²) in [6, 6.07) is 7.67. The number of guanidine groups is 1. The van der Waals surface area contributed by atoms with Crippen LogP contribution < -0.4 is 11.4 Å². The molecule has 0 unspecified atom stereocenters. The molecule has 3 N–H and O–H groups in total. The standard InChI is InChI=1S/C14H19N5OS.HI/c15-13(18-7-9-21-10-8-18)16-5-6-19-12-4-2-1-3-11(12)17-14(19)20;/h1-4H,5-10H2,(H2,15,16)(H,17,20);1H. The molecule has 1 aromatic heterocycles. The number of para-hydroxylation sites is 2. The van der Waals surface area contributed by atoms with E-state index >= 15 is 0 Å². The zero-order chi connectivity index (χ0) is 14.7. The minimum Gasteiger partial charge on any atom is -0.370 e. The number of aromatic nitrogens is 2. The Balaban J connectivity index is 0.00000176. The maximum Gasteiger partial charge on any atom is 0.326 e. The van der Waals surface area contributed by atoms with E-state index in [1.165, 1.54) is 0 Å². The lowest BCUT2D eigenvalue weighted by Gasteiger charge is -2.27. The van der Waals surface area contributed by atoms with Gasteiger partial charge in [-0.2, -0.15) is 11.8 Å². The zero-order valence-corrected chi connectivity index (χ0v) is 15.3. The lowest BCUT2D eigenvalue weighted by atomic mass is 10.3. The second-order valence-electron chi connectivity index (χ2n) is 4.94. The van der Waals surface area contributed by atoms with Crippen molar-refractivity contribution in [2.75, 3.05) is 31.1 Å². The van der Waals surface area contributed by atoms with Crippen LogP contribution in [0.4, 0.5) is 0 Å². The van der Waals surface area contributed by atoms with Gasteiger partial charge in [0.2, 0.25) is 0 Å². The van der Waals surface area contributed by atoms with Crippen LogP contribution in [0.5, 0.6) is 0 Å². The highest BCUT2D eigenvalue weighted by atomic mass is 127. The summed E-state index contributed by atoms with van der Waals surface area (Å²) < 4.78 is 1.71. The molecule has 1 saturated heterocycles. The second kappa shape index (κ2) is 7.91. The van der Waals surface area contributed by atoms with Crippen molar-refractivity contribution in [1.82, 2.24) is 14.5 Å². The first-order valence-corrected chi connectivity index (χ1v) is 8.21. The number of halogens is 1. The summed E-state index contributed by atoms with van der Waals surface area (Å²) in [6.07, 6.45) is 0.